The molecule has 0 radical (unpaired) electrons. The Balaban J connectivity index is 1.76. The quantitative estimate of drug-likeness (QED) is 0.472. The Morgan fingerprint density at radius 3 is 2.74 bits per heavy atom. The first-order chi connectivity index (χ1) is 14.8. The van der Waals surface area contributed by atoms with Crippen LogP contribution in [-0.4, -0.2) is 33.1 Å². The van der Waals surface area contributed by atoms with Crippen LogP contribution in [0.15, 0.2) is 30.6 Å². The highest BCUT2D eigenvalue weighted by atomic mass is 19.1. The Morgan fingerprint density at radius 1 is 1.29 bits per heavy atom. The zero-order valence-corrected chi connectivity index (χ0v) is 16.6. The Morgan fingerprint density at radius 2 is 2.06 bits per heavy atom. The lowest BCUT2D eigenvalue weighted by Crippen LogP contribution is -2.26. The van der Waals surface area contributed by atoms with Crippen LogP contribution in [0.2, 0.25) is 0 Å². The van der Waals surface area contributed by atoms with E-state index in [1.165, 1.54) is 29.1 Å². The topological polar surface area (TPSA) is 105 Å². The summed E-state index contributed by atoms with van der Waals surface area (Å²) in [7, 11) is 0. The fraction of sp³-hybridized carbons (Fsp3) is 0.286. The van der Waals surface area contributed by atoms with Crippen molar-refractivity contribution in [3.8, 4) is 0 Å². The molecule has 1 saturated carbocycles. The van der Waals surface area contributed by atoms with Gasteiger partial charge in [-0.1, -0.05) is 6.07 Å². The van der Waals surface area contributed by atoms with Gasteiger partial charge in [0.1, 0.15) is 17.9 Å². The normalized spacial score (nSPS) is 13.4. The minimum atomic E-state index is -1.15. The number of aliphatic carboxylic acids is 1. The third-order valence-electron chi connectivity index (χ3n) is 4.97. The van der Waals surface area contributed by atoms with Crippen LogP contribution in [0.5, 0.6) is 0 Å². The summed E-state index contributed by atoms with van der Waals surface area (Å²) >= 11 is 0. The first-order valence-corrected chi connectivity index (χ1v) is 9.68. The Bertz CT molecular complexity index is 1170. The lowest BCUT2D eigenvalue weighted by atomic mass is 10.1. The van der Waals surface area contributed by atoms with Crippen molar-refractivity contribution in [2.75, 3.05) is 11.9 Å². The summed E-state index contributed by atoms with van der Waals surface area (Å²) in [5.41, 5.74) is 2.44. The van der Waals surface area contributed by atoms with E-state index in [4.69, 9.17) is 9.94 Å². The molecule has 1 fully saturated rings. The van der Waals surface area contributed by atoms with Gasteiger partial charge in [0.05, 0.1) is 35.4 Å². The summed E-state index contributed by atoms with van der Waals surface area (Å²) in [6.07, 6.45) is 3.21. The summed E-state index contributed by atoms with van der Waals surface area (Å²) < 4.78 is 30.9. The predicted octanol–water partition coefficient (Wildman–Crippen LogP) is 3.52. The number of fused-ring (bicyclic) bond motifs is 1. The van der Waals surface area contributed by atoms with Gasteiger partial charge in [0.2, 0.25) is 0 Å². The summed E-state index contributed by atoms with van der Waals surface area (Å²) in [4.78, 5) is 33.0. The van der Waals surface area contributed by atoms with Crippen LogP contribution < -0.4 is 10.8 Å². The molecule has 0 saturated heterocycles. The molecule has 0 spiro atoms. The van der Waals surface area contributed by atoms with Crippen LogP contribution >= 0.6 is 0 Å². The van der Waals surface area contributed by atoms with E-state index in [-0.39, 0.29) is 28.0 Å². The smallest absolute Gasteiger partial charge is 0.323 e. The zero-order chi connectivity index (χ0) is 22.1. The van der Waals surface area contributed by atoms with Crippen molar-refractivity contribution in [2.45, 2.75) is 26.3 Å². The molecule has 0 unspecified atom stereocenters. The first-order valence-electron chi connectivity index (χ1n) is 9.68. The third kappa shape index (κ3) is 4.48. The first kappa shape index (κ1) is 20.7. The summed E-state index contributed by atoms with van der Waals surface area (Å²) in [5.74, 6) is -3.04. The maximum Gasteiger partial charge on any atom is 0.323 e. The number of aryl methyl sites for hydroxylation is 1. The highest BCUT2D eigenvalue weighted by molar-refractivity contribution is 6.04. The van der Waals surface area contributed by atoms with E-state index in [1.807, 2.05) is 0 Å². The molecule has 10 heteroatoms. The molecule has 0 atom stereocenters. The van der Waals surface area contributed by atoms with Crippen LogP contribution in [-0.2, 0) is 16.2 Å². The Hall–Kier alpha value is -3.53. The fourth-order valence-corrected chi connectivity index (χ4v) is 3.15. The summed E-state index contributed by atoms with van der Waals surface area (Å²) in [6, 6.07) is 5.65. The van der Waals surface area contributed by atoms with Crippen molar-refractivity contribution in [3.05, 3.63) is 53.4 Å². The maximum atomic E-state index is 15.4. The molecule has 4 rings (SSSR count). The van der Waals surface area contributed by atoms with Gasteiger partial charge in [0, 0.05) is 0 Å². The van der Waals surface area contributed by atoms with Crippen molar-refractivity contribution in [3.63, 3.8) is 0 Å². The molecule has 1 aromatic heterocycles. The summed E-state index contributed by atoms with van der Waals surface area (Å²) in [5, 5.41) is 11.7. The Kier molecular flexibility index (Phi) is 5.55. The number of hydrogen-bond acceptors (Lipinski definition) is 5. The van der Waals surface area contributed by atoms with E-state index in [2.05, 4.69) is 15.8 Å². The number of imidazole rings is 1. The van der Waals surface area contributed by atoms with Gasteiger partial charge in [0.15, 0.2) is 5.82 Å². The maximum absolute atomic E-state index is 15.4. The molecule has 31 heavy (non-hydrogen) atoms. The van der Waals surface area contributed by atoms with E-state index in [0.29, 0.717) is 18.1 Å². The molecule has 162 valence electrons. The van der Waals surface area contributed by atoms with Crippen LogP contribution in [0.4, 0.5) is 20.2 Å². The molecule has 0 bridgehead atoms. The highest BCUT2D eigenvalue weighted by Crippen LogP contribution is 2.32. The number of carboxylic acids is 1. The largest absolute Gasteiger partial charge is 0.480 e. The van der Waals surface area contributed by atoms with E-state index < -0.39 is 30.1 Å². The van der Waals surface area contributed by atoms with E-state index >= 15 is 4.39 Å². The monoisotopic (exact) mass is 430 g/mol. The molecule has 1 aliphatic rings. The zero-order valence-electron chi connectivity index (χ0n) is 16.6. The molecular formula is C21H20F2N4O4. The van der Waals surface area contributed by atoms with Gasteiger partial charge in [-0.2, -0.15) is 0 Å². The molecule has 8 nitrogen and oxygen atoms in total. The fourth-order valence-electron chi connectivity index (χ4n) is 3.15. The number of hydroxylamine groups is 1. The lowest BCUT2D eigenvalue weighted by Gasteiger charge is -2.15. The lowest BCUT2D eigenvalue weighted by molar-refractivity contribution is -0.137. The van der Waals surface area contributed by atoms with E-state index in [9.17, 15) is 14.0 Å². The average molecular weight is 430 g/mol. The standard InChI is InChI=1S/C21H20F2N4O4/c1-11-2-5-15(14(22)6-11)25-19-13(21(30)26-31-9-12-3-4-12)7-16-20(18(19)23)24-10-27(16)8-17(28)29/h2,5-7,10,12,25H,3-4,8-9H2,1H3,(H,26,30)(H,28,29). The van der Waals surface area contributed by atoms with Gasteiger partial charge >= 0.3 is 5.97 Å². The van der Waals surface area contributed by atoms with Crippen LogP contribution in [0.25, 0.3) is 11.0 Å². The van der Waals surface area contributed by atoms with Crippen molar-refractivity contribution >= 4 is 34.3 Å². The van der Waals surface area contributed by atoms with Crippen molar-refractivity contribution in [1.29, 1.82) is 0 Å². The van der Waals surface area contributed by atoms with Gasteiger partial charge in [-0.25, -0.2) is 19.2 Å². The van der Waals surface area contributed by atoms with Gasteiger partial charge in [0.25, 0.3) is 5.91 Å². The number of carboxylic acid groups (broad SMARTS) is 1. The summed E-state index contributed by atoms with van der Waals surface area (Å²) in [6.45, 7) is 1.59. The minimum Gasteiger partial charge on any atom is -0.480 e. The third-order valence-corrected chi connectivity index (χ3v) is 4.97. The number of nitrogens with zero attached hydrogens (tertiary/aromatic N) is 2. The molecular weight excluding hydrogens is 410 g/mol. The number of carbonyl (C=O) groups excluding carboxylic acids is 1. The number of aromatic nitrogens is 2. The number of benzene rings is 2. The molecule has 1 aliphatic carbocycles. The highest BCUT2D eigenvalue weighted by Gasteiger charge is 2.25. The number of nitrogens with one attached hydrogen (secondary N) is 2. The van der Waals surface area contributed by atoms with Crippen LogP contribution in [0, 0.1) is 24.5 Å². The number of carbonyl (C=O) groups is 2. The van der Waals surface area contributed by atoms with Gasteiger partial charge in [-0.3, -0.25) is 14.4 Å². The van der Waals surface area contributed by atoms with Crippen LogP contribution in [0.3, 0.4) is 0 Å². The van der Waals surface area contributed by atoms with Gasteiger partial charge in [-0.15, -0.1) is 0 Å². The van der Waals surface area contributed by atoms with Gasteiger partial charge < -0.3 is 15.0 Å². The molecule has 3 N–H and O–H groups in total. The van der Waals surface area contributed by atoms with Gasteiger partial charge in [-0.05, 0) is 49.4 Å². The van der Waals surface area contributed by atoms with E-state index in [1.54, 1.807) is 13.0 Å². The van der Waals surface area contributed by atoms with E-state index in [0.717, 1.165) is 12.8 Å². The SMILES string of the molecule is Cc1ccc(Nc2c(C(=O)NOCC3CC3)cc3c(ncn3CC(=O)O)c2F)c(F)c1. The van der Waals surface area contributed by atoms with Crippen molar-refractivity contribution in [1.82, 2.24) is 15.0 Å². The molecule has 1 amide bonds. The number of anilines is 2. The average Bonchev–Trinajstić information content (AvgIpc) is 3.45. The second-order valence-electron chi connectivity index (χ2n) is 7.54. The predicted molar refractivity (Wildman–Crippen MR) is 108 cm³/mol. The minimum absolute atomic E-state index is 0.0261. The molecule has 1 heterocycles. The van der Waals surface area contributed by atoms with Crippen molar-refractivity contribution in [2.24, 2.45) is 5.92 Å². The number of hydrogen-bond donors (Lipinski definition) is 3. The molecule has 2 aromatic carbocycles. The number of halogens is 2. The molecule has 0 aliphatic heterocycles. The van der Waals surface area contributed by atoms with Crippen LogP contribution in [0.1, 0.15) is 28.8 Å². The Labute approximate surface area is 175 Å². The molecule has 3 aromatic rings. The number of rotatable bonds is 8. The second kappa shape index (κ2) is 8.31. The second-order valence-corrected chi connectivity index (χ2v) is 7.54. The van der Waals surface area contributed by atoms with Crippen molar-refractivity contribution < 1.29 is 28.3 Å². The number of amides is 1.